The molecule has 2 unspecified atom stereocenters. The maximum atomic E-state index is 13.6. The summed E-state index contributed by atoms with van der Waals surface area (Å²) < 4.78 is 10.2. The lowest BCUT2D eigenvalue weighted by Gasteiger charge is -2.30. The molecule has 56 heavy (non-hydrogen) atoms. The Balaban J connectivity index is 0.910. The molecule has 14 heteroatoms. The highest BCUT2D eigenvalue weighted by Crippen LogP contribution is 2.56. The summed E-state index contributed by atoms with van der Waals surface area (Å²) in [5, 5.41) is 8.84. The first-order valence-electron chi connectivity index (χ1n) is 19.5. The summed E-state index contributed by atoms with van der Waals surface area (Å²) in [7, 11) is 2.77. The zero-order valence-electron chi connectivity index (χ0n) is 31.9. The first-order chi connectivity index (χ1) is 27.3. The van der Waals surface area contributed by atoms with Gasteiger partial charge in [-0.15, -0.1) is 11.3 Å². The van der Waals surface area contributed by atoms with Gasteiger partial charge in [0.2, 0.25) is 11.8 Å². The lowest BCUT2D eigenvalue weighted by Crippen LogP contribution is -2.54. The number of fused-ring (bicyclic) bond motifs is 2. The van der Waals surface area contributed by atoms with E-state index in [0.717, 1.165) is 83.0 Å². The summed E-state index contributed by atoms with van der Waals surface area (Å²) in [5.74, 6) is 2.48. The molecule has 2 aliphatic carbocycles. The number of aromatic amines is 2. The Labute approximate surface area is 330 Å². The number of imidazole rings is 2. The topological polar surface area (TPSA) is 167 Å². The van der Waals surface area contributed by atoms with E-state index in [4.69, 9.17) is 14.5 Å². The van der Waals surface area contributed by atoms with Crippen molar-refractivity contribution in [3.05, 3.63) is 89.2 Å². The number of carbonyl (C=O) groups is 3. The second-order valence-corrected chi connectivity index (χ2v) is 16.1. The lowest BCUT2D eigenvalue weighted by molar-refractivity contribution is -0.137. The number of nitrogens with one attached hydrogen (secondary N) is 4. The zero-order valence-corrected chi connectivity index (χ0v) is 32.7. The van der Waals surface area contributed by atoms with Crippen molar-refractivity contribution in [2.75, 3.05) is 27.3 Å². The molecule has 3 aromatic heterocycles. The van der Waals surface area contributed by atoms with E-state index in [1.54, 1.807) is 35.6 Å². The number of alkyl carbamates (subject to hydrolysis) is 1. The quantitative estimate of drug-likeness (QED) is 0.105. The predicted octanol–water partition coefficient (Wildman–Crippen LogP) is 6.50. The van der Waals surface area contributed by atoms with Crippen molar-refractivity contribution in [1.29, 1.82) is 0 Å². The number of ether oxygens (including phenoxy) is 2. The number of carbonyl (C=O) groups excluding carboxylic acids is 3. The Bertz CT molecular complexity index is 2130. The van der Waals surface area contributed by atoms with Gasteiger partial charge in [0.15, 0.2) is 0 Å². The number of aromatic nitrogens is 5. The van der Waals surface area contributed by atoms with E-state index < -0.39 is 18.2 Å². The number of rotatable bonds is 13. The molecule has 2 bridgehead atoms. The number of likely N-dealkylation sites (tertiary alicyclic amines) is 1. The highest BCUT2D eigenvalue weighted by molar-refractivity contribution is 7.09. The minimum absolute atomic E-state index is 0.0519. The van der Waals surface area contributed by atoms with Gasteiger partial charge in [-0.2, -0.15) is 0 Å². The maximum Gasteiger partial charge on any atom is 0.407 e. The first-order valence-corrected chi connectivity index (χ1v) is 20.3. The van der Waals surface area contributed by atoms with Crippen LogP contribution in [0.5, 0.6) is 0 Å². The van der Waals surface area contributed by atoms with Gasteiger partial charge in [-0.3, -0.25) is 9.59 Å². The second kappa shape index (κ2) is 16.4. The molecule has 3 amide bonds. The van der Waals surface area contributed by atoms with Gasteiger partial charge in [0.05, 0.1) is 54.0 Å². The average molecular weight is 777 g/mol. The van der Waals surface area contributed by atoms with Crippen molar-refractivity contribution < 1.29 is 23.9 Å². The van der Waals surface area contributed by atoms with E-state index in [2.05, 4.69) is 79.1 Å². The fraction of sp³-hybridized carbons (Fsp3) is 0.429. The van der Waals surface area contributed by atoms with E-state index in [9.17, 15) is 14.4 Å². The normalized spacial score (nSPS) is 22.6. The summed E-state index contributed by atoms with van der Waals surface area (Å²) in [6.07, 6.45) is 9.97. The first kappa shape index (κ1) is 37.6. The van der Waals surface area contributed by atoms with Crippen molar-refractivity contribution in [2.45, 2.75) is 69.6 Å². The molecule has 4 N–H and O–H groups in total. The summed E-state index contributed by atoms with van der Waals surface area (Å²) in [6, 6.07) is 15.6. The monoisotopic (exact) mass is 776 g/mol. The van der Waals surface area contributed by atoms with Crippen LogP contribution >= 0.6 is 11.3 Å². The number of benzene rings is 2. The van der Waals surface area contributed by atoms with Crippen LogP contribution in [0.25, 0.3) is 33.6 Å². The van der Waals surface area contributed by atoms with Crippen LogP contribution in [-0.2, 0) is 25.5 Å². The molecule has 3 aliphatic rings. The highest BCUT2D eigenvalue weighted by atomic mass is 32.1. The SMILES string of the molecule is COC(=O)N[C@H](C(=O)N1CCC[C@H]1c1ncc(-c2ccc(-c3ccc(-c4cnc([C@H]5C6CCC(C6)[C@@H]5C(=O)NCCc5nccs5)[nH]4)cc3)cc2)[nH]1)[C@@H](C)OC. The van der Waals surface area contributed by atoms with Gasteiger partial charge in [0.25, 0.3) is 0 Å². The van der Waals surface area contributed by atoms with Crippen LogP contribution < -0.4 is 10.6 Å². The van der Waals surface area contributed by atoms with E-state index in [1.807, 2.05) is 11.6 Å². The van der Waals surface area contributed by atoms with Crippen molar-refractivity contribution in [3.8, 4) is 33.6 Å². The molecule has 1 saturated heterocycles. The Morgan fingerprint density at radius 2 is 1.52 bits per heavy atom. The number of amides is 3. The number of thiazole rings is 1. The molecule has 4 heterocycles. The van der Waals surface area contributed by atoms with Gasteiger partial charge >= 0.3 is 6.09 Å². The van der Waals surface area contributed by atoms with Crippen LogP contribution in [0.4, 0.5) is 4.79 Å². The minimum Gasteiger partial charge on any atom is -0.453 e. The molecule has 1 aliphatic heterocycles. The number of hydrogen-bond acceptors (Lipinski definition) is 9. The van der Waals surface area contributed by atoms with E-state index in [1.165, 1.54) is 14.2 Å². The lowest BCUT2D eigenvalue weighted by atomic mass is 9.78. The van der Waals surface area contributed by atoms with Gasteiger partial charge < -0.3 is 35.0 Å². The van der Waals surface area contributed by atoms with Gasteiger partial charge in [0.1, 0.15) is 17.7 Å². The molecule has 5 aromatic rings. The second-order valence-electron chi connectivity index (χ2n) is 15.1. The third-order valence-corrected chi connectivity index (χ3v) is 12.8. The molecule has 2 aromatic carbocycles. The molecule has 0 spiro atoms. The standard InChI is InChI=1S/C42H48N8O5S/c1-24(54-2)37(49-42(53)55-3)41(52)50-19-4-5-33(50)38-45-22-31(47-38)27-10-6-25(7-11-27)26-8-12-28(13-9-26)32-23-46-39(48-32)35-29-14-15-30(21-29)36(35)40(51)44-17-16-34-43-18-20-56-34/h6-13,18,20,22-24,29-30,33,35-37H,4-5,14-17,19,21H2,1-3H3,(H,44,51)(H,45,47)(H,46,48)(H,49,53)/t24-,29?,30?,33+,35+,36+,37+/m1/s1. The largest absolute Gasteiger partial charge is 0.453 e. The van der Waals surface area contributed by atoms with E-state index >= 15 is 0 Å². The molecular formula is C42H48N8O5S. The summed E-state index contributed by atoms with van der Waals surface area (Å²) in [5.41, 5.74) is 6.01. The van der Waals surface area contributed by atoms with E-state index in [0.29, 0.717) is 30.7 Å². The van der Waals surface area contributed by atoms with Crippen LogP contribution in [0.3, 0.4) is 0 Å². The smallest absolute Gasteiger partial charge is 0.407 e. The fourth-order valence-corrected chi connectivity index (χ4v) is 9.65. The van der Waals surface area contributed by atoms with Crippen molar-refractivity contribution >= 4 is 29.2 Å². The van der Waals surface area contributed by atoms with Crippen molar-refractivity contribution in [2.24, 2.45) is 17.8 Å². The number of hydrogen-bond donors (Lipinski definition) is 4. The van der Waals surface area contributed by atoms with Crippen LogP contribution in [-0.4, -0.2) is 87.2 Å². The predicted molar refractivity (Wildman–Crippen MR) is 212 cm³/mol. The Hall–Kier alpha value is -5.34. The molecule has 7 atom stereocenters. The van der Waals surface area contributed by atoms with Gasteiger partial charge in [-0.25, -0.2) is 19.7 Å². The summed E-state index contributed by atoms with van der Waals surface area (Å²) >= 11 is 1.62. The third kappa shape index (κ3) is 7.59. The van der Waals surface area contributed by atoms with Crippen molar-refractivity contribution in [1.82, 2.24) is 40.5 Å². The Kier molecular flexibility index (Phi) is 11.0. The van der Waals surface area contributed by atoms with Crippen molar-refractivity contribution in [3.63, 3.8) is 0 Å². The maximum absolute atomic E-state index is 13.6. The molecule has 2 saturated carbocycles. The summed E-state index contributed by atoms with van der Waals surface area (Å²) in [4.78, 5) is 61.8. The molecule has 13 nitrogen and oxygen atoms in total. The number of H-pyrrole nitrogens is 2. The van der Waals surface area contributed by atoms with Crippen LogP contribution in [0.2, 0.25) is 0 Å². The number of nitrogens with zero attached hydrogens (tertiary/aromatic N) is 4. The van der Waals surface area contributed by atoms with Crippen LogP contribution in [0.1, 0.15) is 67.6 Å². The third-order valence-electron chi connectivity index (χ3n) is 12.0. The Morgan fingerprint density at radius 3 is 2.16 bits per heavy atom. The average Bonchev–Trinajstić information content (AvgIpc) is 4.09. The molecule has 0 radical (unpaired) electrons. The van der Waals surface area contributed by atoms with Crippen LogP contribution in [0.15, 0.2) is 72.5 Å². The molecule has 292 valence electrons. The summed E-state index contributed by atoms with van der Waals surface area (Å²) in [6.45, 7) is 2.90. The zero-order chi connectivity index (χ0) is 38.8. The van der Waals surface area contributed by atoms with Gasteiger partial charge in [-0.1, -0.05) is 48.5 Å². The van der Waals surface area contributed by atoms with Gasteiger partial charge in [-0.05, 0) is 73.1 Å². The number of methoxy groups -OCH3 is 2. The Morgan fingerprint density at radius 1 is 0.875 bits per heavy atom. The van der Waals surface area contributed by atoms with Crippen LogP contribution in [0, 0.1) is 17.8 Å². The molecule has 8 rings (SSSR count). The fourth-order valence-electron chi connectivity index (χ4n) is 9.03. The highest BCUT2D eigenvalue weighted by Gasteiger charge is 2.52. The minimum atomic E-state index is -0.884. The molecule has 3 fully saturated rings. The van der Waals surface area contributed by atoms with Gasteiger partial charge in [0, 0.05) is 44.1 Å². The van der Waals surface area contributed by atoms with E-state index in [-0.39, 0.29) is 29.7 Å². The molecular weight excluding hydrogens is 729 g/mol.